The molecule has 0 spiro atoms. The molecule has 0 unspecified atom stereocenters. The lowest BCUT2D eigenvalue weighted by molar-refractivity contribution is -0.123. The molecule has 1 amide bonds. The van der Waals surface area contributed by atoms with E-state index in [1.54, 1.807) is 6.07 Å². The van der Waals surface area contributed by atoms with Gasteiger partial charge in [-0.1, -0.05) is 41.9 Å². The van der Waals surface area contributed by atoms with E-state index in [0.29, 0.717) is 17.9 Å². The molecule has 2 aromatic carbocycles. The fourth-order valence-corrected chi connectivity index (χ4v) is 2.40. The van der Waals surface area contributed by atoms with Crippen LogP contribution in [-0.2, 0) is 4.79 Å². The first-order valence-electron chi connectivity index (χ1n) is 8.32. The summed E-state index contributed by atoms with van der Waals surface area (Å²) in [5.41, 5.74) is 2.68. The van der Waals surface area contributed by atoms with Crippen molar-refractivity contribution in [2.45, 2.75) is 26.4 Å². The van der Waals surface area contributed by atoms with Crippen molar-refractivity contribution in [2.24, 2.45) is 0 Å². The van der Waals surface area contributed by atoms with Gasteiger partial charge in [0.15, 0.2) is 6.10 Å². The molecule has 6 heteroatoms. The number of aromatic nitrogens is 1. The van der Waals surface area contributed by atoms with Gasteiger partial charge in [-0.2, -0.15) is 0 Å². The normalized spacial score (nSPS) is 11.8. The summed E-state index contributed by atoms with van der Waals surface area (Å²) in [5.74, 6) is -0.0541. The molecule has 26 heavy (non-hydrogen) atoms. The molecule has 1 N–H and O–H groups in total. The quantitative estimate of drug-likeness (QED) is 0.703. The van der Waals surface area contributed by atoms with Crippen LogP contribution in [-0.4, -0.2) is 17.2 Å². The number of aryl methyl sites for hydroxylation is 1. The molecule has 0 aliphatic rings. The Kier molecular flexibility index (Phi) is 5.31. The SMILES string of the molecule is CC[C@@H](Oc1ccc(F)cc1)C(=O)Nc1cc(-c2ccc(C)cc2)no1. The minimum atomic E-state index is -0.728. The van der Waals surface area contributed by atoms with Crippen molar-refractivity contribution in [1.29, 1.82) is 0 Å². The van der Waals surface area contributed by atoms with Crippen LogP contribution in [0, 0.1) is 12.7 Å². The third kappa shape index (κ3) is 4.27. The molecule has 0 fully saturated rings. The minimum Gasteiger partial charge on any atom is -0.481 e. The maximum absolute atomic E-state index is 13.0. The molecule has 0 saturated carbocycles. The molecule has 0 bridgehead atoms. The summed E-state index contributed by atoms with van der Waals surface area (Å²) in [6, 6.07) is 15.0. The maximum atomic E-state index is 13.0. The lowest BCUT2D eigenvalue weighted by atomic mass is 10.1. The van der Waals surface area contributed by atoms with E-state index in [-0.39, 0.29) is 17.6 Å². The zero-order chi connectivity index (χ0) is 18.5. The van der Waals surface area contributed by atoms with Crippen molar-refractivity contribution >= 4 is 11.8 Å². The van der Waals surface area contributed by atoms with E-state index in [1.807, 2.05) is 38.1 Å². The predicted octanol–water partition coefficient (Wildman–Crippen LogP) is 4.59. The molecule has 1 atom stereocenters. The van der Waals surface area contributed by atoms with Crippen LogP contribution >= 0.6 is 0 Å². The maximum Gasteiger partial charge on any atom is 0.267 e. The highest BCUT2D eigenvalue weighted by atomic mass is 19.1. The van der Waals surface area contributed by atoms with Gasteiger partial charge < -0.3 is 9.26 Å². The Bertz CT molecular complexity index is 873. The van der Waals surface area contributed by atoms with Gasteiger partial charge in [0.2, 0.25) is 5.88 Å². The van der Waals surface area contributed by atoms with Crippen LogP contribution in [0.1, 0.15) is 18.9 Å². The van der Waals surface area contributed by atoms with Crippen molar-refractivity contribution in [3.05, 3.63) is 66.0 Å². The van der Waals surface area contributed by atoms with Crippen molar-refractivity contribution in [2.75, 3.05) is 5.32 Å². The number of ether oxygens (including phenoxy) is 1. The summed E-state index contributed by atoms with van der Waals surface area (Å²) in [5, 5.41) is 6.63. The zero-order valence-corrected chi connectivity index (χ0v) is 14.5. The van der Waals surface area contributed by atoms with Crippen molar-refractivity contribution < 1.29 is 18.4 Å². The van der Waals surface area contributed by atoms with E-state index in [4.69, 9.17) is 9.26 Å². The second-order valence-electron chi connectivity index (χ2n) is 5.90. The summed E-state index contributed by atoms with van der Waals surface area (Å²) in [6.07, 6.45) is -0.282. The number of halogens is 1. The first-order chi connectivity index (χ1) is 12.5. The number of amides is 1. The molecule has 0 aliphatic heterocycles. The highest BCUT2D eigenvalue weighted by Crippen LogP contribution is 2.22. The van der Waals surface area contributed by atoms with E-state index in [1.165, 1.54) is 24.3 Å². The first kappa shape index (κ1) is 17.7. The number of hydrogen-bond donors (Lipinski definition) is 1. The molecule has 1 aromatic heterocycles. The molecule has 0 radical (unpaired) electrons. The first-order valence-corrected chi connectivity index (χ1v) is 8.32. The number of carbonyl (C=O) groups is 1. The van der Waals surface area contributed by atoms with E-state index >= 15 is 0 Å². The molecule has 0 saturated heterocycles. The Morgan fingerprint density at radius 2 is 1.88 bits per heavy atom. The molecule has 5 nitrogen and oxygen atoms in total. The highest BCUT2D eigenvalue weighted by molar-refractivity contribution is 5.93. The Labute approximate surface area is 150 Å². The topological polar surface area (TPSA) is 64.4 Å². The average molecular weight is 354 g/mol. The highest BCUT2D eigenvalue weighted by Gasteiger charge is 2.20. The molecular weight excluding hydrogens is 335 g/mol. The number of benzene rings is 2. The van der Waals surface area contributed by atoms with E-state index in [0.717, 1.165) is 11.1 Å². The smallest absolute Gasteiger partial charge is 0.267 e. The average Bonchev–Trinajstić information content (AvgIpc) is 3.10. The van der Waals surface area contributed by atoms with Gasteiger partial charge in [0.05, 0.1) is 0 Å². The number of nitrogens with one attached hydrogen (secondary N) is 1. The van der Waals surface area contributed by atoms with Crippen molar-refractivity contribution in [3.63, 3.8) is 0 Å². The Morgan fingerprint density at radius 3 is 2.54 bits per heavy atom. The summed E-state index contributed by atoms with van der Waals surface area (Å²) >= 11 is 0. The molecule has 1 heterocycles. The molecule has 3 aromatic rings. The van der Waals surface area contributed by atoms with Gasteiger partial charge >= 0.3 is 0 Å². The van der Waals surface area contributed by atoms with E-state index in [9.17, 15) is 9.18 Å². The molecule has 3 rings (SSSR count). The van der Waals surface area contributed by atoms with E-state index in [2.05, 4.69) is 10.5 Å². The van der Waals surface area contributed by atoms with Crippen LogP contribution in [0.25, 0.3) is 11.3 Å². The number of nitrogens with zero attached hydrogens (tertiary/aromatic N) is 1. The summed E-state index contributed by atoms with van der Waals surface area (Å²) in [4.78, 5) is 12.4. The summed E-state index contributed by atoms with van der Waals surface area (Å²) in [6.45, 7) is 3.83. The van der Waals surface area contributed by atoms with Crippen LogP contribution in [0.15, 0.2) is 59.1 Å². The van der Waals surface area contributed by atoms with Gasteiger partial charge in [0, 0.05) is 11.6 Å². The van der Waals surface area contributed by atoms with Gasteiger partial charge in [-0.15, -0.1) is 0 Å². The van der Waals surface area contributed by atoms with Crippen LogP contribution in [0.2, 0.25) is 0 Å². The lowest BCUT2D eigenvalue weighted by Crippen LogP contribution is -2.32. The molecule has 134 valence electrons. The fourth-order valence-electron chi connectivity index (χ4n) is 2.40. The lowest BCUT2D eigenvalue weighted by Gasteiger charge is -2.16. The monoisotopic (exact) mass is 354 g/mol. The van der Waals surface area contributed by atoms with Gasteiger partial charge in [0.1, 0.15) is 17.3 Å². The molecule has 0 aliphatic carbocycles. The third-order valence-electron chi connectivity index (χ3n) is 3.86. The van der Waals surface area contributed by atoms with Crippen molar-refractivity contribution in [1.82, 2.24) is 5.16 Å². The van der Waals surface area contributed by atoms with Gasteiger partial charge in [0.25, 0.3) is 5.91 Å². The summed E-state index contributed by atoms with van der Waals surface area (Å²) in [7, 11) is 0. The minimum absolute atomic E-state index is 0.242. The van der Waals surface area contributed by atoms with Crippen LogP contribution < -0.4 is 10.1 Å². The van der Waals surface area contributed by atoms with Crippen LogP contribution in [0.3, 0.4) is 0 Å². The van der Waals surface area contributed by atoms with Gasteiger partial charge in [-0.25, -0.2) is 4.39 Å². The van der Waals surface area contributed by atoms with Crippen LogP contribution in [0.5, 0.6) is 5.75 Å². The third-order valence-corrected chi connectivity index (χ3v) is 3.86. The summed E-state index contributed by atoms with van der Waals surface area (Å²) < 4.78 is 23.8. The van der Waals surface area contributed by atoms with Crippen LogP contribution in [0.4, 0.5) is 10.3 Å². The largest absolute Gasteiger partial charge is 0.481 e. The number of carbonyl (C=O) groups excluding carboxylic acids is 1. The number of hydrogen-bond acceptors (Lipinski definition) is 4. The Balaban J connectivity index is 1.66. The molecular formula is C20H19FN2O3. The predicted molar refractivity (Wildman–Crippen MR) is 96.4 cm³/mol. The number of rotatable bonds is 6. The van der Waals surface area contributed by atoms with Gasteiger partial charge in [-0.05, 0) is 37.6 Å². The standard InChI is InChI=1S/C20H19FN2O3/c1-3-18(25-16-10-8-15(21)9-11-16)20(24)22-19-12-17(23-26-19)14-6-4-13(2)5-7-14/h4-12,18H,3H2,1-2H3,(H,22,24)/t18-/m1/s1. The van der Waals surface area contributed by atoms with E-state index < -0.39 is 6.10 Å². The zero-order valence-electron chi connectivity index (χ0n) is 14.5. The fraction of sp³-hybridized carbons (Fsp3) is 0.200. The second-order valence-corrected chi connectivity index (χ2v) is 5.90. The van der Waals surface area contributed by atoms with Crippen molar-refractivity contribution in [3.8, 4) is 17.0 Å². The van der Waals surface area contributed by atoms with Gasteiger partial charge in [-0.3, -0.25) is 10.1 Å². The second kappa shape index (κ2) is 7.82. The Morgan fingerprint density at radius 1 is 1.19 bits per heavy atom. The number of anilines is 1. The Hall–Kier alpha value is -3.15.